The average molecular weight is 449 g/mol. The molecule has 2 fully saturated rings. The number of ether oxygens (including phenoxy) is 1. The summed E-state index contributed by atoms with van der Waals surface area (Å²) in [5.74, 6) is 0.0635. The van der Waals surface area contributed by atoms with Gasteiger partial charge in [-0.3, -0.25) is 14.4 Å². The number of nitrogens with one attached hydrogen (secondary N) is 1. The van der Waals surface area contributed by atoms with E-state index in [0.717, 1.165) is 5.56 Å². The third kappa shape index (κ3) is 4.46. The summed E-state index contributed by atoms with van der Waals surface area (Å²) in [6.45, 7) is 3.87. The van der Waals surface area contributed by atoms with Crippen LogP contribution in [0.15, 0.2) is 18.2 Å². The Balaban J connectivity index is 1.45. The minimum absolute atomic E-state index is 0.0130. The van der Waals surface area contributed by atoms with Crippen LogP contribution in [0.1, 0.15) is 54.9 Å². The van der Waals surface area contributed by atoms with Gasteiger partial charge >= 0.3 is 0 Å². The quantitative estimate of drug-likeness (QED) is 0.749. The zero-order chi connectivity index (χ0) is 22.4. The van der Waals surface area contributed by atoms with E-state index in [1.54, 1.807) is 13.0 Å². The van der Waals surface area contributed by atoms with Crippen molar-refractivity contribution >= 4 is 27.4 Å². The maximum absolute atomic E-state index is 12.8. The van der Waals surface area contributed by atoms with E-state index in [4.69, 9.17) is 4.74 Å². The zero-order valence-electron chi connectivity index (χ0n) is 17.8. The molecule has 8 nitrogen and oxygen atoms in total. The maximum atomic E-state index is 12.8. The number of likely N-dealkylation sites (tertiary alicyclic amines) is 1. The van der Waals surface area contributed by atoms with Crippen LogP contribution in [-0.4, -0.2) is 66.7 Å². The maximum Gasteiger partial charge on any atom is 0.242 e. The summed E-state index contributed by atoms with van der Waals surface area (Å²) < 4.78 is 29.5. The number of Topliss-reactive ketones (excluding diaryl/α,β-unsaturated/α-hetero) is 1. The number of carbonyl (C=O) groups is 3. The van der Waals surface area contributed by atoms with Crippen molar-refractivity contribution in [2.45, 2.75) is 63.6 Å². The second-order valence-corrected chi connectivity index (χ2v) is 11.2. The van der Waals surface area contributed by atoms with Crippen molar-refractivity contribution in [2.24, 2.45) is 0 Å². The monoisotopic (exact) mass is 448 g/mol. The highest BCUT2D eigenvalue weighted by molar-refractivity contribution is 7.91. The van der Waals surface area contributed by atoms with Gasteiger partial charge in [-0.25, -0.2) is 8.42 Å². The SMILES string of the molecule is Cc1ccc2c(c1)C(=O)C[C@@]1(CCC(=O)N([C@H](C)C(=O)N[C@@H]3CCS(=O)(=O)C3)CC1)O2. The number of carbonyl (C=O) groups excluding carboxylic acids is 3. The smallest absolute Gasteiger partial charge is 0.242 e. The first-order valence-electron chi connectivity index (χ1n) is 10.7. The predicted molar refractivity (Wildman–Crippen MR) is 114 cm³/mol. The first-order chi connectivity index (χ1) is 14.6. The largest absolute Gasteiger partial charge is 0.486 e. The van der Waals surface area contributed by atoms with E-state index in [0.29, 0.717) is 37.1 Å². The predicted octanol–water partition coefficient (Wildman–Crippen LogP) is 1.40. The van der Waals surface area contributed by atoms with Gasteiger partial charge < -0.3 is 15.0 Å². The molecule has 2 saturated heterocycles. The van der Waals surface area contributed by atoms with Crippen LogP contribution in [0.2, 0.25) is 0 Å². The highest BCUT2D eigenvalue weighted by Gasteiger charge is 2.44. The van der Waals surface area contributed by atoms with Crippen molar-refractivity contribution < 1.29 is 27.5 Å². The van der Waals surface area contributed by atoms with Crippen LogP contribution in [0.4, 0.5) is 0 Å². The van der Waals surface area contributed by atoms with Crippen LogP contribution < -0.4 is 10.1 Å². The standard InChI is InChI=1S/C22H28N2O6S/c1-14-3-4-19-17(11-14)18(25)12-22(30-19)7-5-20(26)24(9-8-22)15(2)21(27)23-16-6-10-31(28,29)13-16/h3-4,11,15-16H,5-10,12-13H2,1-2H3,(H,23,27)/t15-,16-,22+/m1/s1. The first-order valence-corrected chi connectivity index (χ1v) is 12.5. The zero-order valence-corrected chi connectivity index (χ0v) is 18.7. The minimum atomic E-state index is -3.10. The van der Waals surface area contributed by atoms with Gasteiger partial charge in [0, 0.05) is 25.4 Å². The number of sulfone groups is 1. The summed E-state index contributed by atoms with van der Waals surface area (Å²) in [6, 6.07) is 4.40. The topological polar surface area (TPSA) is 110 Å². The van der Waals surface area contributed by atoms with Crippen molar-refractivity contribution in [3.63, 3.8) is 0 Å². The van der Waals surface area contributed by atoms with Gasteiger partial charge in [0.1, 0.15) is 17.4 Å². The number of nitrogens with zero attached hydrogens (tertiary/aromatic N) is 1. The van der Waals surface area contributed by atoms with Crippen molar-refractivity contribution in [1.82, 2.24) is 10.2 Å². The Kier molecular flexibility index (Phi) is 5.57. The van der Waals surface area contributed by atoms with E-state index in [9.17, 15) is 22.8 Å². The van der Waals surface area contributed by atoms with Gasteiger partial charge in [0.25, 0.3) is 0 Å². The van der Waals surface area contributed by atoms with Crippen molar-refractivity contribution in [3.05, 3.63) is 29.3 Å². The Labute approximate surface area is 182 Å². The Morgan fingerprint density at radius 1 is 1.29 bits per heavy atom. The molecular formula is C22H28N2O6S. The van der Waals surface area contributed by atoms with Crippen LogP contribution >= 0.6 is 0 Å². The third-order valence-corrected chi connectivity index (χ3v) is 8.36. The second-order valence-electron chi connectivity index (χ2n) is 9.01. The molecule has 3 aliphatic rings. The van der Waals surface area contributed by atoms with Crippen LogP contribution in [-0.2, 0) is 19.4 Å². The molecule has 2 amide bonds. The van der Waals surface area contributed by atoms with Gasteiger partial charge in [0.15, 0.2) is 15.6 Å². The summed E-state index contributed by atoms with van der Waals surface area (Å²) in [7, 11) is -3.10. The van der Waals surface area contributed by atoms with Gasteiger partial charge in [-0.15, -0.1) is 0 Å². The van der Waals surface area contributed by atoms with Gasteiger partial charge in [0.05, 0.1) is 23.5 Å². The molecule has 1 aromatic carbocycles. The number of benzene rings is 1. The van der Waals surface area contributed by atoms with Gasteiger partial charge in [-0.2, -0.15) is 0 Å². The van der Waals surface area contributed by atoms with E-state index in [1.807, 2.05) is 19.1 Å². The molecular weight excluding hydrogens is 420 g/mol. The Morgan fingerprint density at radius 3 is 2.77 bits per heavy atom. The molecule has 0 saturated carbocycles. The van der Waals surface area contributed by atoms with E-state index < -0.39 is 27.5 Å². The minimum Gasteiger partial charge on any atom is -0.486 e. The van der Waals surface area contributed by atoms with Gasteiger partial charge in [-0.05, 0) is 38.8 Å². The number of rotatable bonds is 3. The summed E-state index contributed by atoms with van der Waals surface area (Å²) >= 11 is 0. The van der Waals surface area contributed by atoms with Crippen LogP contribution in [0.3, 0.4) is 0 Å². The molecule has 0 aromatic heterocycles. The lowest BCUT2D eigenvalue weighted by atomic mass is 9.84. The lowest BCUT2D eigenvalue weighted by Crippen LogP contribution is -2.51. The van der Waals surface area contributed by atoms with Crippen molar-refractivity contribution in [2.75, 3.05) is 18.1 Å². The second kappa shape index (κ2) is 7.93. The normalized spacial score (nSPS) is 28.6. The molecule has 1 N–H and O–H groups in total. The van der Waals surface area contributed by atoms with Crippen molar-refractivity contribution in [3.8, 4) is 5.75 Å². The summed E-state index contributed by atoms with van der Waals surface area (Å²) in [6.07, 6.45) is 1.66. The molecule has 0 bridgehead atoms. The fourth-order valence-electron chi connectivity index (χ4n) is 4.72. The molecule has 168 valence electrons. The molecule has 0 unspecified atom stereocenters. The molecule has 1 spiro atoms. The molecule has 3 atom stereocenters. The molecule has 3 heterocycles. The number of aryl methyl sites for hydroxylation is 1. The highest BCUT2D eigenvalue weighted by Crippen LogP contribution is 2.40. The van der Waals surface area contributed by atoms with Gasteiger partial charge in [0.2, 0.25) is 11.8 Å². The van der Waals surface area contributed by atoms with Gasteiger partial charge in [-0.1, -0.05) is 11.6 Å². The highest BCUT2D eigenvalue weighted by atomic mass is 32.2. The molecule has 3 aliphatic heterocycles. The van der Waals surface area contributed by atoms with Crippen LogP contribution in [0.5, 0.6) is 5.75 Å². The number of ketones is 1. The molecule has 31 heavy (non-hydrogen) atoms. The van der Waals surface area contributed by atoms with Crippen LogP contribution in [0, 0.1) is 6.92 Å². The number of fused-ring (bicyclic) bond motifs is 1. The number of hydrogen-bond acceptors (Lipinski definition) is 6. The molecule has 0 aliphatic carbocycles. The summed E-state index contributed by atoms with van der Waals surface area (Å²) in [4.78, 5) is 39.8. The fraction of sp³-hybridized carbons (Fsp3) is 0.591. The molecule has 9 heteroatoms. The average Bonchev–Trinajstić information content (AvgIpc) is 2.96. The first kappa shape index (κ1) is 21.8. The lowest BCUT2D eigenvalue weighted by Gasteiger charge is -2.37. The molecule has 1 aromatic rings. The molecule has 0 radical (unpaired) electrons. The lowest BCUT2D eigenvalue weighted by molar-refractivity contribution is -0.139. The van der Waals surface area contributed by atoms with E-state index in [1.165, 1.54) is 4.90 Å². The van der Waals surface area contributed by atoms with E-state index in [-0.39, 0.29) is 41.9 Å². The van der Waals surface area contributed by atoms with Crippen molar-refractivity contribution in [1.29, 1.82) is 0 Å². The Morgan fingerprint density at radius 2 is 2.06 bits per heavy atom. The van der Waals surface area contributed by atoms with E-state index in [2.05, 4.69) is 5.32 Å². The Hall–Kier alpha value is -2.42. The van der Waals surface area contributed by atoms with Crippen LogP contribution in [0.25, 0.3) is 0 Å². The summed E-state index contributed by atoms with van der Waals surface area (Å²) in [5.41, 5.74) is 0.820. The fourth-order valence-corrected chi connectivity index (χ4v) is 6.39. The summed E-state index contributed by atoms with van der Waals surface area (Å²) in [5, 5.41) is 2.77. The molecule has 4 rings (SSSR count). The number of amides is 2. The number of hydrogen-bond donors (Lipinski definition) is 1. The third-order valence-electron chi connectivity index (χ3n) is 6.59. The Bertz CT molecular complexity index is 1040. The van der Waals surface area contributed by atoms with E-state index >= 15 is 0 Å².